The van der Waals surface area contributed by atoms with Gasteiger partial charge in [0.05, 0.1) is 6.04 Å². The highest BCUT2D eigenvalue weighted by atomic mass is 16.4. The van der Waals surface area contributed by atoms with Gasteiger partial charge in [-0.15, -0.1) is 0 Å². The highest BCUT2D eigenvalue weighted by molar-refractivity contribution is 5.62. The van der Waals surface area contributed by atoms with Crippen LogP contribution in [0.2, 0.25) is 0 Å². The smallest absolute Gasteiger partial charge is 0.300 e. The zero-order valence-corrected chi connectivity index (χ0v) is 11.2. The van der Waals surface area contributed by atoms with Crippen LogP contribution < -0.4 is 5.32 Å². The molecule has 0 aliphatic rings. The van der Waals surface area contributed by atoms with Crippen LogP contribution in [-0.2, 0) is 4.79 Å². The molecule has 0 spiro atoms. The molecule has 0 aliphatic carbocycles. The van der Waals surface area contributed by atoms with Crippen molar-refractivity contribution in [1.29, 1.82) is 0 Å². The molecule has 0 saturated heterocycles. The lowest BCUT2D eigenvalue weighted by Gasteiger charge is -2.16. The Morgan fingerprint density at radius 3 is 1.53 bits per heavy atom. The SMILES string of the molecule is CC(=O)O.CNC(c1ccccc1)c1ccccc1. The molecule has 0 aliphatic heterocycles. The molecule has 0 heterocycles. The summed E-state index contributed by atoms with van der Waals surface area (Å²) in [6.45, 7) is 1.08. The van der Waals surface area contributed by atoms with Gasteiger partial charge in [0.15, 0.2) is 0 Å². The molecule has 0 saturated carbocycles. The van der Waals surface area contributed by atoms with Crippen molar-refractivity contribution in [1.82, 2.24) is 5.32 Å². The maximum Gasteiger partial charge on any atom is 0.300 e. The highest BCUT2D eigenvalue weighted by Crippen LogP contribution is 2.20. The van der Waals surface area contributed by atoms with Gasteiger partial charge >= 0.3 is 0 Å². The minimum Gasteiger partial charge on any atom is -0.481 e. The van der Waals surface area contributed by atoms with Crippen molar-refractivity contribution in [3.8, 4) is 0 Å². The predicted octanol–water partition coefficient (Wildman–Crippen LogP) is 3.09. The maximum atomic E-state index is 9.00. The Morgan fingerprint density at radius 2 is 1.26 bits per heavy atom. The molecular weight excluding hydrogens is 238 g/mol. The number of benzene rings is 2. The van der Waals surface area contributed by atoms with E-state index in [1.807, 2.05) is 19.2 Å². The van der Waals surface area contributed by atoms with Crippen molar-refractivity contribution >= 4 is 5.97 Å². The van der Waals surface area contributed by atoms with Gasteiger partial charge in [0, 0.05) is 6.92 Å². The topological polar surface area (TPSA) is 49.3 Å². The van der Waals surface area contributed by atoms with Gasteiger partial charge in [-0.2, -0.15) is 0 Å². The lowest BCUT2D eigenvalue weighted by molar-refractivity contribution is -0.134. The predicted molar refractivity (Wildman–Crippen MR) is 77.1 cm³/mol. The van der Waals surface area contributed by atoms with E-state index in [0.29, 0.717) is 0 Å². The summed E-state index contributed by atoms with van der Waals surface area (Å²) >= 11 is 0. The molecule has 0 amide bonds. The first-order valence-electron chi connectivity index (χ1n) is 6.12. The monoisotopic (exact) mass is 257 g/mol. The second-order valence-corrected chi connectivity index (χ2v) is 4.06. The van der Waals surface area contributed by atoms with Gasteiger partial charge in [0.2, 0.25) is 0 Å². The minimum absolute atomic E-state index is 0.285. The van der Waals surface area contributed by atoms with Crippen molar-refractivity contribution in [2.45, 2.75) is 13.0 Å². The largest absolute Gasteiger partial charge is 0.481 e. The molecule has 0 atom stereocenters. The summed E-state index contributed by atoms with van der Waals surface area (Å²) in [5.41, 5.74) is 2.59. The van der Waals surface area contributed by atoms with Crippen molar-refractivity contribution < 1.29 is 9.90 Å². The minimum atomic E-state index is -0.833. The average molecular weight is 257 g/mol. The van der Waals surface area contributed by atoms with E-state index in [-0.39, 0.29) is 6.04 Å². The van der Waals surface area contributed by atoms with Crippen molar-refractivity contribution in [2.75, 3.05) is 7.05 Å². The van der Waals surface area contributed by atoms with Crippen molar-refractivity contribution in [3.63, 3.8) is 0 Å². The van der Waals surface area contributed by atoms with Crippen LogP contribution in [-0.4, -0.2) is 18.1 Å². The molecule has 100 valence electrons. The molecular formula is C16H19NO2. The van der Waals surface area contributed by atoms with E-state index in [9.17, 15) is 0 Å². The Bertz CT molecular complexity index is 439. The van der Waals surface area contributed by atoms with Gasteiger partial charge in [0.25, 0.3) is 5.97 Å². The Kier molecular flexibility index (Phi) is 6.33. The molecule has 0 aromatic heterocycles. The number of hydrogen-bond acceptors (Lipinski definition) is 2. The molecule has 2 N–H and O–H groups in total. The van der Waals surface area contributed by atoms with Crippen LogP contribution in [0, 0.1) is 0 Å². The fraction of sp³-hybridized carbons (Fsp3) is 0.188. The quantitative estimate of drug-likeness (QED) is 0.888. The number of nitrogens with one attached hydrogen (secondary N) is 1. The Balaban J connectivity index is 0.000000399. The zero-order valence-electron chi connectivity index (χ0n) is 11.2. The third-order valence-electron chi connectivity index (χ3n) is 2.55. The van der Waals surface area contributed by atoms with Crippen LogP contribution in [0.4, 0.5) is 0 Å². The molecule has 0 unspecified atom stereocenters. The van der Waals surface area contributed by atoms with Gasteiger partial charge in [-0.1, -0.05) is 60.7 Å². The van der Waals surface area contributed by atoms with Gasteiger partial charge in [-0.25, -0.2) is 0 Å². The zero-order chi connectivity index (χ0) is 14.1. The first kappa shape index (κ1) is 14.9. The van der Waals surface area contributed by atoms with E-state index < -0.39 is 5.97 Å². The first-order valence-corrected chi connectivity index (χ1v) is 6.12. The van der Waals surface area contributed by atoms with Gasteiger partial charge in [0.1, 0.15) is 0 Å². The Morgan fingerprint density at radius 1 is 0.947 bits per heavy atom. The Labute approximate surface area is 113 Å². The van der Waals surface area contributed by atoms with E-state index in [1.54, 1.807) is 0 Å². The maximum absolute atomic E-state index is 9.00. The molecule has 2 aromatic carbocycles. The summed E-state index contributed by atoms with van der Waals surface area (Å²) in [6.07, 6.45) is 0. The summed E-state index contributed by atoms with van der Waals surface area (Å²) in [5, 5.41) is 10.8. The first-order chi connectivity index (χ1) is 9.15. The lowest BCUT2D eigenvalue weighted by atomic mass is 9.99. The highest BCUT2D eigenvalue weighted by Gasteiger charge is 2.09. The van der Waals surface area contributed by atoms with Crippen LogP contribution in [0.1, 0.15) is 24.1 Å². The van der Waals surface area contributed by atoms with E-state index in [1.165, 1.54) is 11.1 Å². The fourth-order valence-electron chi connectivity index (χ4n) is 1.82. The summed E-state index contributed by atoms with van der Waals surface area (Å²) < 4.78 is 0. The normalized spacial score (nSPS) is 9.63. The van der Waals surface area contributed by atoms with Crippen molar-refractivity contribution in [3.05, 3.63) is 71.8 Å². The molecule has 0 fully saturated rings. The average Bonchev–Trinajstić information content (AvgIpc) is 2.41. The number of rotatable bonds is 3. The number of carbonyl (C=O) groups is 1. The standard InChI is InChI=1S/C14H15N.C2H4O2/c1-15-14(12-8-4-2-5-9-12)13-10-6-3-7-11-13;1-2(3)4/h2-11,14-15H,1H3;1H3,(H,3,4). The number of hydrogen-bond donors (Lipinski definition) is 2. The molecule has 2 aromatic rings. The third kappa shape index (κ3) is 5.36. The molecule has 19 heavy (non-hydrogen) atoms. The molecule has 2 rings (SSSR count). The summed E-state index contributed by atoms with van der Waals surface area (Å²) in [6, 6.07) is 21.2. The van der Waals surface area contributed by atoms with Gasteiger partial charge in [-0.05, 0) is 18.2 Å². The molecule has 3 heteroatoms. The van der Waals surface area contributed by atoms with Gasteiger partial charge in [-0.3, -0.25) is 4.79 Å². The second kappa shape index (κ2) is 8.06. The lowest BCUT2D eigenvalue weighted by Crippen LogP contribution is -2.17. The van der Waals surface area contributed by atoms with Crippen LogP contribution in [0.3, 0.4) is 0 Å². The van der Waals surface area contributed by atoms with Crippen LogP contribution >= 0.6 is 0 Å². The summed E-state index contributed by atoms with van der Waals surface area (Å²) in [5.74, 6) is -0.833. The van der Waals surface area contributed by atoms with Crippen LogP contribution in [0.5, 0.6) is 0 Å². The third-order valence-corrected chi connectivity index (χ3v) is 2.55. The summed E-state index contributed by atoms with van der Waals surface area (Å²) in [7, 11) is 1.99. The van der Waals surface area contributed by atoms with E-state index in [4.69, 9.17) is 9.90 Å². The molecule has 3 nitrogen and oxygen atoms in total. The van der Waals surface area contributed by atoms with E-state index in [2.05, 4.69) is 53.8 Å². The number of carboxylic acid groups (broad SMARTS) is 1. The summed E-state index contributed by atoms with van der Waals surface area (Å²) in [4.78, 5) is 9.00. The fourth-order valence-corrected chi connectivity index (χ4v) is 1.82. The van der Waals surface area contributed by atoms with Crippen LogP contribution in [0.25, 0.3) is 0 Å². The Hall–Kier alpha value is -2.13. The molecule has 0 radical (unpaired) electrons. The van der Waals surface area contributed by atoms with Gasteiger partial charge < -0.3 is 10.4 Å². The second-order valence-electron chi connectivity index (χ2n) is 4.06. The van der Waals surface area contributed by atoms with E-state index in [0.717, 1.165) is 6.92 Å². The van der Waals surface area contributed by atoms with Crippen molar-refractivity contribution in [2.24, 2.45) is 0 Å². The van der Waals surface area contributed by atoms with Crippen LogP contribution in [0.15, 0.2) is 60.7 Å². The number of carboxylic acids is 1. The molecule has 0 bridgehead atoms. The van der Waals surface area contributed by atoms with E-state index >= 15 is 0 Å². The number of aliphatic carboxylic acids is 1.